The van der Waals surface area contributed by atoms with E-state index in [1.54, 1.807) is 25.2 Å². The molecule has 2 rings (SSSR count). The Hall–Kier alpha value is -2.16. The largest absolute Gasteiger partial charge is 0.366 e. The van der Waals surface area contributed by atoms with Crippen molar-refractivity contribution in [2.75, 3.05) is 13.6 Å². The number of aliphatic imine (C=N–C) groups is 1. The zero-order valence-electron chi connectivity index (χ0n) is 14.0. The lowest BCUT2D eigenvalue weighted by Gasteiger charge is -2.12. The van der Waals surface area contributed by atoms with Crippen molar-refractivity contribution >= 4 is 35.8 Å². The highest BCUT2D eigenvalue weighted by Gasteiger charge is 2.02. The van der Waals surface area contributed by atoms with Crippen LogP contribution in [0.2, 0.25) is 0 Å². The molecule has 25 heavy (non-hydrogen) atoms. The van der Waals surface area contributed by atoms with Crippen molar-refractivity contribution < 1.29 is 9.18 Å². The van der Waals surface area contributed by atoms with E-state index in [-0.39, 0.29) is 29.8 Å². The lowest BCUT2D eigenvalue weighted by Crippen LogP contribution is -2.37. The molecule has 2 aromatic carbocycles. The van der Waals surface area contributed by atoms with E-state index in [1.807, 2.05) is 18.2 Å². The second-order valence-electron chi connectivity index (χ2n) is 5.29. The maximum atomic E-state index is 13.1. The van der Waals surface area contributed by atoms with Gasteiger partial charge in [-0.05, 0) is 41.8 Å². The lowest BCUT2D eigenvalue weighted by molar-refractivity contribution is 0.100. The van der Waals surface area contributed by atoms with E-state index in [9.17, 15) is 9.18 Å². The Kier molecular flexibility index (Phi) is 8.90. The number of hydrogen-bond acceptors (Lipinski definition) is 2. The van der Waals surface area contributed by atoms with Crippen LogP contribution in [-0.4, -0.2) is 25.5 Å². The molecular weight excluding hydrogens is 434 g/mol. The van der Waals surface area contributed by atoms with E-state index in [4.69, 9.17) is 5.73 Å². The van der Waals surface area contributed by atoms with Crippen molar-refractivity contribution in [1.82, 2.24) is 10.6 Å². The van der Waals surface area contributed by atoms with Crippen LogP contribution in [0, 0.1) is 5.82 Å². The summed E-state index contributed by atoms with van der Waals surface area (Å²) in [5.74, 6) is -0.0101. The summed E-state index contributed by atoms with van der Waals surface area (Å²) in [6.45, 7) is 1.21. The van der Waals surface area contributed by atoms with E-state index in [0.29, 0.717) is 31.0 Å². The zero-order valence-corrected chi connectivity index (χ0v) is 16.3. The van der Waals surface area contributed by atoms with Crippen LogP contribution in [0.5, 0.6) is 0 Å². The minimum atomic E-state index is -0.440. The number of primary amides is 1. The van der Waals surface area contributed by atoms with E-state index >= 15 is 0 Å². The molecule has 0 aliphatic heterocycles. The summed E-state index contributed by atoms with van der Waals surface area (Å²) < 4.78 is 13.1. The first-order valence-corrected chi connectivity index (χ1v) is 7.66. The van der Waals surface area contributed by atoms with Crippen LogP contribution in [-0.2, 0) is 13.0 Å². The molecule has 0 bridgehead atoms. The Morgan fingerprint density at radius 3 is 2.44 bits per heavy atom. The molecule has 0 spiro atoms. The third kappa shape index (κ3) is 7.08. The molecule has 4 N–H and O–H groups in total. The molecule has 0 aliphatic rings. The van der Waals surface area contributed by atoms with Crippen molar-refractivity contribution in [3.63, 3.8) is 0 Å². The van der Waals surface area contributed by atoms with Crippen molar-refractivity contribution in [1.29, 1.82) is 0 Å². The van der Waals surface area contributed by atoms with Crippen LogP contribution in [0.1, 0.15) is 21.5 Å². The first kappa shape index (κ1) is 20.9. The molecule has 7 heteroatoms. The first-order chi connectivity index (χ1) is 11.6. The third-order valence-corrected chi connectivity index (χ3v) is 3.52. The molecule has 5 nitrogen and oxygen atoms in total. The average molecular weight is 456 g/mol. The summed E-state index contributed by atoms with van der Waals surface area (Å²) in [5.41, 5.74) is 7.63. The minimum Gasteiger partial charge on any atom is -0.366 e. The van der Waals surface area contributed by atoms with E-state index in [2.05, 4.69) is 15.6 Å². The average Bonchev–Trinajstić information content (AvgIpc) is 2.58. The number of nitrogens with one attached hydrogen (secondary N) is 2. The van der Waals surface area contributed by atoms with Gasteiger partial charge in [0.25, 0.3) is 0 Å². The number of guanidine groups is 1. The summed E-state index contributed by atoms with van der Waals surface area (Å²) in [7, 11) is 1.69. The van der Waals surface area contributed by atoms with Gasteiger partial charge in [-0.2, -0.15) is 0 Å². The summed E-state index contributed by atoms with van der Waals surface area (Å²) in [6.07, 6.45) is 0.700. The molecule has 0 atom stereocenters. The van der Waals surface area contributed by atoms with Crippen LogP contribution in [0.25, 0.3) is 0 Å². The number of halogens is 2. The van der Waals surface area contributed by atoms with Crippen molar-refractivity contribution in [3.05, 3.63) is 71.0 Å². The number of carbonyl (C=O) groups is 1. The Bertz CT molecular complexity index is 719. The fraction of sp³-hybridized carbons (Fsp3) is 0.222. The summed E-state index contributed by atoms with van der Waals surface area (Å²) in [5, 5.41) is 6.36. The van der Waals surface area contributed by atoms with Gasteiger partial charge in [0.15, 0.2) is 5.96 Å². The first-order valence-electron chi connectivity index (χ1n) is 7.66. The summed E-state index contributed by atoms with van der Waals surface area (Å²) >= 11 is 0. The summed E-state index contributed by atoms with van der Waals surface area (Å²) in [4.78, 5) is 15.2. The van der Waals surface area contributed by atoms with E-state index < -0.39 is 5.91 Å². The molecule has 0 radical (unpaired) electrons. The van der Waals surface area contributed by atoms with Gasteiger partial charge in [0.1, 0.15) is 5.82 Å². The number of hydrogen-bond donors (Lipinski definition) is 3. The number of carbonyl (C=O) groups excluding carboxylic acids is 1. The predicted octanol–water partition coefficient (Wildman–Crippen LogP) is 2.45. The highest BCUT2D eigenvalue weighted by molar-refractivity contribution is 14.0. The monoisotopic (exact) mass is 456 g/mol. The number of nitrogens with zero attached hydrogens (tertiary/aromatic N) is 1. The van der Waals surface area contributed by atoms with Gasteiger partial charge < -0.3 is 16.4 Å². The second-order valence-corrected chi connectivity index (χ2v) is 5.29. The molecule has 1 amide bonds. The van der Waals surface area contributed by atoms with Gasteiger partial charge in [-0.15, -0.1) is 24.0 Å². The van der Waals surface area contributed by atoms with Crippen LogP contribution in [0.3, 0.4) is 0 Å². The maximum absolute atomic E-state index is 13.1. The highest BCUT2D eigenvalue weighted by atomic mass is 127. The number of amides is 1. The predicted molar refractivity (Wildman–Crippen MR) is 109 cm³/mol. The quantitative estimate of drug-likeness (QED) is 0.355. The smallest absolute Gasteiger partial charge is 0.248 e. The van der Waals surface area contributed by atoms with Crippen LogP contribution in [0.15, 0.2) is 53.5 Å². The van der Waals surface area contributed by atoms with Gasteiger partial charge in [-0.25, -0.2) is 4.39 Å². The highest BCUT2D eigenvalue weighted by Crippen LogP contribution is 2.04. The van der Waals surface area contributed by atoms with Crippen molar-refractivity contribution in [2.24, 2.45) is 10.7 Å². The standard InChI is InChI=1S/C18H21FN4O.HI/c1-21-18(22-10-9-13-3-2-4-16(19)11-13)23-12-14-5-7-15(8-6-14)17(20)24;/h2-8,11H,9-10,12H2,1H3,(H2,20,24)(H2,21,22,23);1H. The van der Waals surface area contributed by atoms with Gasteiger partial charge in [0.05, 0.1) is 0 Å². The molecule has 134 valence electrons. The molecule has 0 saturated carbocycles. The van der Waals surface area contributed by atoms with E-state index in [1.165, 1.54) is 12.1 Å². The van der Waals surface area contributed by atoms with Gasteiger partial charge in [-0.3, -0.25) is 9.79 Å². The normalized spacial score (nSPS) is 10.7. The van der Waals surface area contributed by atoms with Crippen LogP contribution in [0.4, 0.5) is 4.39 Å². The third-order valence-electron chi connectivity index (χ3n) is 3.52. The number of rotatable bonds is 6. The van der Waals surface area contributed by atoms with Crippen LogP contribution < -0.4 is 16.4 Å². The Morgan fingerprint density at radius 1 is 1.12 bits per heavy atom. The molecule has 0 unspecified atom stereocenters. The molecule has 2 aromatic rings. The maximum Gasteiger partial charge on any atom is 0.248 e. The van der Waals surface area contributed by atoms with Crippen molar-refractivity contribution in [3.8, 4) is 0 Å². The fourth-order valence-electron chi connectivity index (χ4n) is 2.21. The van der Waals surface area contributed by atoms with E-state index in [0.717, 1.165) is 11.1 Å². The van der Waals surface area contributed by atoms with Gasteiger partial charge >= 0.3 is 0 Å². The fourth-order valence-corrected chi connectivity index (χ4v) is 2.21. The molecular formula is C18H22FIN4O. The molecule has 0 heterocycles. The van der Waals surface area contributed by atoms with Crippen LogP contribution >= 0.6 is 24.0 Å². The Labute approximate surface area is 163 Å². The molecule has 0 aliphatic carbocycles. The second kappa shape index (κ2) is 10.7. The number of nitrogens with two attached hydrogens (primary N) is 1. The van der Waals surface area contributed by atoms with Gasteiger partial charge in [0.2, 0.25) is 5.91 Å². The minimum absolute atomic E-state index is 0. The summed E-state index contributed by atoms with van der Waals surface area (Å²) in [6, 6.07) is 13.6. The SMILES string of the molecule is CN=C(NCCc1cccc(F)c1)NCc1ccc(C(N)=O)cc1.I. The zero-order chi connectivity index (χ0) is 17.4. The number of benzene rings is 2. The Balaban J connectivity index is 0.00000312. The molecule has 0 fully saturated rings. The topological polar surface area (TPSA) is 79.5 Å². The lowest BCUT2D eigenvalue weighted by atomic mass is 10.1. The van der Waals surface area contributed by atoms with Gasteiger partial charge in [0, 0.05) is 25.7 Å². The van der Waals surface area contributed by atoms with Crippen molar-refractivity contribution in [2.45, 2.75) is 13.0 Å². The molecule has 0 aromatic heterocycles. The van der Waals surface area contributed by atoms with Gasteiger partial charge in [-0.1, -0.05) is 24.3 Å². The Morgan fingerprint density at radius 2 is 1.84 bits per heavy atom. The molecule has 0 saturated heterocycles.